The Hall–Kier alpha value is -4.76. The number of carbonyl (C=O) groups is 4. The van der Waals surface area contributed by atoms with Gasteiger partial charge in [0.05, 0.1) is 59.3 Å². The third-order valence-corrected chi connectivity index (χ3v) is 14.9. The Morgan fingerprint density at radius 1 is 0.879 bits per heavy atom. The summed E-state index contributed by atoms with van der Waals surface area (Å²) < 4.78 is 25.8. The Balaban J connectivity index is 1.20. The Morgan fingerprint density at radius 3 is 2.22 bits per heavy atom. The molecule has 6 atom stereocenters. The van der Waals surface area contributed by atoms with E-state index >= 15 is 4.79 Å². The van der Waals surface area contributed by atoms with Crippen LogP contribution in [0.15, 0.2) is 99.5 Å². The number of carbonyl (C=O) groups excluding carboxylic acids is 4. The minimum absolute atomic E-state index is 0.0646. The van der Waals surface area contributed by atoms with Crippen molar-refractivity contribution in [2.24, 2.45) is 23.7 Å². The molecule has 15 heteroatoms. The highest BCUT2D eigenvalue weighted by Crippen LogP contribution is 2.65. The fraction of sp³-hybridized carbons (Fsp3) is 0.302. The van der Waals surface area contributed by atoms with Crippen LogP contribution in [0, 0.1) is 29.5 Å². The molecule has 9 rings (SSSR count). The van der Waals surface area contributed by atoms with Crippen molar-refractivity contribution in [1.82, 2.24) is 5.01 Å². The second-order valence-corrected chi connectivity index (χ2v) is 17.2. The second kappa shape index (κ2) is 14.8. The molecule has 4 fully saturated rings. The van der Waals surface area contributed by atoms with Gasteiger partial charge in [0.25, 0.3) is 11.8 Å². The zero-order valence-corrected chi connectivity index (χ0v) is 34.9. The number of ether oxygens (including phenoxy) is 2. The summed E-state index contributed by atoms with van der Waals surface area (Å²) >= 11 is 13.6. The topological polar surface area (TPSA) is 129 Å². The monoisotopic (exact) mass is 932 g/mol. The average Bonchev–Trinajstić information content (AvgIpc) is 3.62. The van der Waals surface area contributed by atoms with Gasteiger partial charge in [-0.25, -0.2) is 4.39 Å². The number of anilines is 3. The third kappa shape index (κ3) is 5.89. The summed E-state index contributed by atoms with van der Waals surface area (Å²) in [4.78, 5) is 63.1. The number of methoxy groups -OCH3 is 1. The van der Waals surface area contributed by atoms with E-state index in [1.807, 2.05) is 18.2 Å². The number of nitrogens with one attached hydrogen (secondary N) is 1. The molecule has 2 aliphatic carbocycles. The molecule has 1 saturated carbocycles. The number of amides is 4. The Morgan fingerprint density at radius 2 is 1.55 bits per heavy atom. The minimum Gasteiger partial charge on any atom is -0.503 e. The lowest BCUT2D eigenvalue weighted by atomic mass is 9.49. The van der Waals surface area contributed by atoms with Gasteiger partial charge in [-0.3, -0.25) is 29.5 Å². The number of aromatic hydroxyl groups is 1. The van der Waals surface area contributed by atoms with Crippen LogP contribution in [0.25, 0.3) is 0 Å². The van der Waals surface area contributed by atoms with E-state index < -0.39 is 52.6 Å². The number of hydrogen-bond acceptors (Lipinski definition) is 9. The predicted molar refractivity (Wildman–Crippen MR) is 221 cm³/mol. The van der Waals surface area contributed by atoms with E-state index in [1.165, 1.54) is 36.3 Å². The maximum Gasteiger partial charge on any atom is 0.260 e. The number of phenols is 1. The number of rotatable bonds is 7. The molecule has 4 aromatic rings. The van der Waals surface area contributed by atoms with Gasteiger partial charge in [0.2, 0.25) is 11.8 Å². The summed E-state index contributed by atoms with van der Waals surface area (Å²) in [6.45, 7) is 2.70. The van der Waals surface area contributed by atoms with Crippen LogP contribution in [-0.4, -0.2) is 67.2 Å². The van der Waals surface area contributed by atoms with Gasteiger partial charge in [0.15, 0.2) is 11.5 Å². The highest BCUT2D eigenvalue weighted by Gasteiger charge is 2.70. The van der Waals surface area contributed by atoms with Crippen LogP contribution in [0.1, 0.15) is 29.9 Å². The van der Waals surface area contributed by atoms with E-state index in [9.17, 15) is 23.9 Å². The van der Waals surface area contributed by atoms with Crippen molar-refractivity contribution < 1.29 is 38.1 Å². The fourth-order valence-corrected chi connectivity index (χ4v) is 10.9. The first kappa shape index (κ1) is 38.7. The summed E-state index contributed by atoms with van der Waals surface area (Å²) in [7, 11) is 1.41. The van der Waals surface area contributed by atoms with Gasteiger partial charge in [-0.05, 0) is 128 Å². The summed E-state index contributed by atoms with van der Waals surface area (Å²) in [6.07, 6.45) is 2.23. The number of fused-ring (bicyclic) bond motifs is 4. The molecule has 298 valence electrons. The lowest BCUT2D eigenvalue weighted by molar-refractivity contribution is -0.138. The van der Waals surface area contributed by atoms with Crippen LogP contribution in [-0.2, 0) is 29.3 Å². The number of allylic oxidation sites excluding steroid dienone is 2. The molecule has 3 aliphatic heterocycles. The van der Waals surface area contributed by atoms with Crippen molar-refractivity contribution in [3.8, 4) is 11.5 Å². The fourth-order valence-electron chi connectivity index (χ4n) is 9.87. The predicted octanol–water partition coefficient (Wildman–Crippen LogP) is 7.74. The Bertz CT molecular complexity index is 2390. The molecule has 0 unspecified atom stereocenters. The molecule has 11 nitrogen and oxygen atoms in total. The van der Waals surface area contributed by atoms with Crippen molar-refractivity contribution in [3.63, 3.8) is 0 Å². The van der Waals surface area contributed by atoms with Crippen molar-refractivity contribution >= 4 is 84.2 Å². The van der Waals surface area contributed by atoms with Gasteiger partial charge in [-0.15, -0.1) is 0 Å². The van der Waals surface area contributed by atoms with Crippen molar-refractivity contribution in [2.45, 2.75) is 24.2 Å². The third-order valence-electron chi connectivity index (χ3n) is 12.4. The maximum atomic E-state index is 15.5. The number of phenolic OH excluding ortho intramolecular Hbond substituents is 1. The number of hydrazine groups is 1. The van der Waals surface area contributed by atoms with Gasteiger partial charge in [-0.2, -0.15) is 5.01 Å². The highest BCUT2D eigenvalue weighted by molar-refractivity contribution is 9.13. The highest BCUT2D eigenvalue weighted by atomic mass is 79.9. The quantitative estimate of drug-likeness (QED) is 0.141. The standard InChI is InChI=1S/C43H36Br2ClFN4O7/c1-57-33-21-31(36(44)37(45)38(33)52)35-28-14-15-29-34(41(55)50(39(29)53)27-12-10-26(11-13-27)49-16-18-58-19-17-49)30(28)20-32-40(54)51(48-25-8-6-24(47)7-9-25)42(56)43(32,35)22-2-4-23(46)5-3-22/h2-14,21,29-30,32,34-35,48,52H,15-20H2,1H3/t29-,30+,32-,34-,35+,43+/m0/s1. The van der Waals surface area contributed by atoms with Crippen LogP contribution >= 0.6 is 43.5 Å². The molecule has 4 amide bonds. The molecule has 2 N–H and O–H groups in total. The maximum absolute atomic E-state index is 15.5. The van der Waals surface area contributed by atoms with E-state index in [4.69, 9.17) is 21.1 Å². The number of benzene rings is 4. The first-order valence-electron chi connectivity index (χ1n) is 18.9. The van der Waals surface area contributed by atoms with Crippen LogP contribution in [0.3, 0.4) is 0 Å². The zero-order valence-electron chi connectivity index (χ0n) is 31.0. The van der Waals surface area contributed by atoms with E-state index in [0.717, 1.165) is 23.8 Å². The first-order chi connectivity index (χ1) is 27.9. The van der Waals surface area contributed by atoms with Crippen molar-refractivity contribution in [3.05, 3.63) is 121 Å². The summed E-state index contributed by atoms with van der Waals surface area (Å²) in [5.74, 6) is -6.54. The summed E-state index contributed by atoms with van der Waals surface area (Å²) in [6, 6.07) is 21.1. The minimum atomic E-state index is -1.63. The smallest absolute Gasteiger partial charge is 0.260 e. The number of halogens is 4. The molecular weight excluding hydrogens is 899 g/mol. The lowest BCUT2D eigenvalue weighted by Crippen LogP contribution is -2.53. The molecule has 58 heavy (non-hydrogen) atoms. The van der Waals surface area contributed by atoms with E-state index in [2.05, 4.69) is 42.2 Å². The molecule has 5 aliphatic rings. The summed E-state index contributed by atoms with van der Waals surface area (Å²) in [5.41, 5.74) is 4.78. The van der Waals surface area contributed by atoms with Crippen LogP contribution in [0.4, 0.5) is 21.5 Å². The van der Waals surface area contributed by atoms with Crippen LogP contribution < -0.4 is 20.0 Å². The van der Waals surface area contributed by atoms with Gasteiger partial charge < -0.3 is 19.5 Å². The number of imide groups is 2. The normalized spacial score (nSPS) is 26.7. The van der Waals surface area contributed by atoms with E-state index in [1.54, 1.807) is 42.5 Å². The number of morpholine rings is 1. The molecule has 0 spiro atoms. The second-order valence-electron chi connectivity index (χ2n) is 15.1. The molecule has 3 heterocycles. The summed E-state index contributed by atoms with van der Waals surface area (Å²) in [5, 5.41) is 12.5. The number of hydrogen-bond donors (Lipinski definition) is 2. The van der Waals surface area contributed by atoms with Gasteiger partial charge in [0, 0.05) is 34.2 Å². The van der Waals surface area contributed by atoms with Crippen LogP contribution in [0.5, 0.6) is 11.5 Å². The SMILES string of the molecule is COc1cc([C@H]2C3=CC[C@@H]4C(=O)N(c5ccc(N6CCOCC6)cc5)C(=O)[C@@H]4[C@@H]3C[C@H]3C(=O)N(Nc4ccc(F)cc4)C(=O)[C@@]23c2ccc(Cl)cc2)c(Br)c(Br)c1O. The Labute approximate surface area is 354 Å². The molecule has 0 aromatic heterocycles. The molecule has 3 saturated heterocycles. The number of nitrogens with zero attached hydrogens (tertiary/aromatic N) is 3. The zero-order chi connectivity index (χ0) is 40.6. The largest absolute Gasteiger partial charge is 0.503 e. The van der Waals surface area contributed by atoms with Gasteiger partial charge >= 0.3 is 0 Å². The average molecular weight is 935 g/mol. The molecular formula is C43H36Br2ClFN4O7. The van der Waals surface area contributed by atoms with E-state index in [-0.39, 0.29) is 40.6 Å². The van der Waals surface area contributed by atoms with Crippen molar-refractivity contribution in [1.29, 1.82) is 0 Å². The lowest BCUT2D eigenvalue weighted by Gasteiger charge is -2.51. The van der Waals surface area contributed by atoms with Crippen LogP contribution in [0.2, 0.25) is 5.02 Å². The van der Waals surface area contributed by atoms with Gasteiger partial charge in [-0.1, -0.05) is 35.4 Å². The molecule has 4 aromatic carbocycles. The van der Waals surface area contributed by atoms with E-state index in [0.29, 0.717) is 50.8 Å². The first-order valence-corrected chi connectivity index (χ1v) is 20.8. The van der Waals surface area contributed by atoms with Gasteiger partial charge in [0.1, 0.15) is 5.82 Å². The van der Waals surface area contributed by atoms with Crippen molar-refractivity contribution in [2.75, 3.05) is 48.6 Å². The molecule has 0 radical (unpaired) electrons. The Kier molecular flexibility index (Phi) is 9.89. The molecule has 0 bridgehead atoms.